The molecule has 114 valence electrons. The summed E-state index contributed by atoms with van der Waals surface area (Å²) in [5.74, 6) is 0.829. The van der Waals surface area contributed by atoms with E-state index in [-0.39, 0.29) is 0 Å². The second kappa shape index (κ2) is 8.09. The largest absolute Gasteiger partial charge is 0.356 e. The van der Waals surface area contributed by atoms with Crippen molar-refractivity contribution >= 4 is 28.6 Å². The Hall–Kier alpha value is -1.47. The molecule has 0 saturated carbocycles. The molecule has 0 saturated heterocycles. The first kappa shape index (κ1) is 15.9. The molecule has 0 atom stereocenters. The molecule has 0 radical (unpaired) electrons. The number of rotatable bonds is 6. The van der Waals surface area contributed by atoms with Gasteiger partial charge in [0.15, 0.2) is 5.96 Å². The summed E-state index contributed by atoms with van der Waals surface area (Å²) in [4.78, 5) is 14.3. The summed E-state index contributed by atoms with van der Waals surface area (Å²) in [6.07, 6.45) is 3.75. The van der Waals surface area contributed by atoms with Crippen LogP contribution in [-0.2, 0) is 12.8 Å². The van der Waals surface area contributed by atoms with Crippen molar-refractivity contribution < 1.29 is 0 Å². The van der Waals surface area contributed by atoms with Crippen molar-refractivity contribution in [2.75, 3.05) is 20.1 Å². The minimum atomic E-state index is 0.829. The Kier molecular flexibility index (Phi) is 6.13. The van der Waals surface area contributed by atoms with E-state index in [1.807, 2.05) is 13.1 Å². The normalized spacial score (nSPS) is 11.7. The number of nitrogens with one attached hydrogen (secondary N) is 2. The van der Waals surface area contributed by atoms with Crippen LogP contribution in [0.1, 0.15) is 20.6 Å². The third-order valence-corrected chi connectivity index (χ3v) is 4.66. The molecular formula is C14H21N5S2. The lowest BCUT2D eigenvalue weighted by Crippen LogP contribution is -2.39. The molecule has 21 heavy (non-hydrogen) atoms. The van der Waals surface area contributed by atoms with Crippen molar-refractivity contribution in [3.63, 3.8) is 0 Å². The van der Waals surface area contributed by atoms with Gasteiger partial charge in [-0.15, -0.1) is 22.7 Å². The van der Waals surface area contributed by atoms with E-state index in [1.54, 1.807) is 29.7 Å². The van der Waals surface area contributed by atoms with Gasteiger partial charge in [0, 0.05) is 49.4 Å². The van der Waals surface area contributed by atoms with E-state index in [1.165, 1.54) is 4.88 Å². The first-order chi connectivity index (χ1) is 10.2. The van der Waals surface area contributed by atoms with Crippen molar-refractivity contribution in [3.05, 3.63) is 32.2 Å². The summed E-state index contributed by atoms with van der Waals surface area (Å²) < 4.78 is 0. The quantitative estimate of drug-likeness (QED) is 0.632. The molecule has 0 aliphatic rings. The zero-order valence-corrected chi connectivity index (χ0v) is 14.3. The standard InChI is InChI=1S/C14H21N5S2/c1-10-8-18-13(21-10)5-7-17-14(15-3)16-6-4-12-9-20-11(2)19-12/h8-9H,4-7H2,1-3H3,(H2,15,16,17). The maximum Gasteiger partial charge on any atom is 0.191 e. The molecule has 0 unspecified atom stereocenters. The first-order valence-corrected chi connectivity index (χ1v) is 8.64. The number of hydrogen-bond donors (Lipinski definition) is 2. The molecule has 2 heterocycles. The van der Waals surface area contributed by atoms with Gasteiger partial charge in [0.2, 0.25) is 0 Å². The fourth-order valence-corrected chi connectivity index (χ4v) is 3.29. The highest BCUT2D eigenvalue weighted by molar-refractivity contribution is 7.11. The highest BCUT2D eigenvalue weighted by atomic mass is 32.1. The Bertz CT molecular complexity index is 539. The SMILES string of the molecule is CN=C(NCCc1csc(C)n1)NCCc1ncc(C)s1. The third-order valence-electron chi connectivity index (χ3n) is 2.86. The van der Waals surface area contributed by atoms with E-state index in [9.17, 15) is 0 Å². The fraction of sp³-hybridized carbons (Fsp3) is 0.500. The van der Waals surface area contributed by atoms with Crippen LogP contribution < -0.4 is 10.6 Å². The van der Waals surface area contributed by atoms with Gasteiger partial charge in [-0.1, -0.05) is 0 Å². The number of aryl methyl sites for hydroxylation is 2. The average Bonchev–Trinajstić information content (AvgIpc) is 3.06. The summed E-state index contributed by atoms with van der Waals surface area (Å²) >= 11 is 3.44. The lowest BCUT2D eigenvalue weighted by molar-refractivity contribution is 0.776. The first-order valence-electron chi connectivity index (χ1n) is 6.94. The van der Waals surface area contributed by atoms with Crippen LogP contribution in [0.5, 0.6) is 0 Å². The number of aromatic nitrogens is 2. The lowest BCUT2D eigenvalue weighted by atomic mass is 10.3. The smallest absolute Gasteiger partial charge is 0.191 e. The molecule has 0 aliphatic carbocycles. The van der Waals surface area contributed by atoms with Gasteiger partial charge in [0.25, 0.3) is 0 Å². The monoisotopic (exact) mass is 323 g/mol. The number of thiazole rings is 2. The van der Waals surface area contributed by atoms with Crippen LogP contribution in [0, 0.1) is 13.8 Å². The van der Waals surface area contributed by atoms with Crippen LogP contribution in [0.25, 0.3) is 0 Å². The van der Waals surface area contributed by atoms with Crippen LogP contribution >= 0.6 is 22.7 Å². The number of nitrogens with zero attached hydrogens (tertiary/aromatic N) is 3. The van der Waals surface area contributed by atoms with Crippen LogP contribution in [0.15, 0.2) is 16.6 Å². The minimum Gasteiger partial charge on any atom is -0.356 e. The summed E-state index contributed by atoms with van der Waals surface area (Å²) in [6, 6.07) is 0. The van der Waals surface area contributed by atoms with Gasteiger partial charge in [0.05, 0.1) is 15.7 Å². The molecule has 0 fully saturated rings. The van der Waals surface area contributed by atoms with Crippen LogP contribution in [0.4, 0.5) is 0 Å². The predicted molar refractivity (Wildman–Crippen MR) is 90.5 cm³/mol. The van der Waals surface area contributed by atoms with Crippen LogP contribution in [0.2, 0.25) is 0 Å². The Morgan fingerprint density at radius 2 is 2.00 bits per heavy atom. The van der Waals surface area contributed by atoms with E-state index in [2.05, 4.69) is 37.9 Å². The molecule has 2 rings (SSSR count). The van der Waals surface area contributed by atoms with E-state index >= 15 is 0 Å². The van der Waals surface area contributed by atoms with Gasteiger partial charge in [0.1, 0.15) is 0 Å². The van der Waals surface area contributed by atoms with Crippen molar-refractivity contribution in [1.82, 2.24) is 20.6 Å². The Labute approximate surface area is 133 Å². The Morgan fingerprint density at radius 3 is 2.57 bits per heavy atom. The van der Waals surface area contributed by atoms with Gasteiger partial charge < -0.3 is 10.6 Å². The van der Waals surface area contributed by atoms with Gasteiger partial charge in [-0.3, -0.25) is 4.99 Å². The van der Waals surface area contributed by atoms with Gasteiger partial charge in [-0.2, -0.15) is 0 Å². The minimum absolute atomic E-state index is 0.829. The highest BCUT2D eigenvalue weighted by Gasteiger charge is 2.02. The third kappa shape index (κ3) is 5.43. The van der Waals surface area contributed by atoms with Gasteiger partial charge in [-0.05, 0) is 13.8 Å². The molecule has 7 heteroatoms. The van der Waals surface area contributed by atoms with Crippen molar-refractivity contribution in [2.45, 2.75) is 26.7 Å². The lowest BCUT2D eigenvalue weighted by Gasteiger charge is -2.10. The number of hydrogen-bond acceptors (Lipinski definition) is 5. The molecule has 0 aliphatic heterocycles. The molecule has 2 aromatic rings. The predicted octanol–water partition coefficient (Wildman–Crippen LogP) is 2.17. The molecule has 0 amide bonds. The summed E-state index contributed by atoms with van der Waals surface area (Å²) in [7, 11) is 1.79. The second-order valence-electron chi connectivity index (χ2n) is 4.65. The highest BCUT2D eigenvalue weighted by Crippen LogP contribution is 2.11. The van der Waals surface area contributed by atoms with E-state index in [0.29, 0.717) is 0 Å². The Balaban J connectivity index is 1.66. The molecular weight excluding hydrogens is 302 g/mol. The van der Waals surface area contributed by atoms with Gasteiger partial charge in [-0.25, -0.2) is 9.97 Å². The molecule has 5 nitrogen and oxygen atoms in total. The fourth-order valence-electron chi connectivity index (χ4n) is 1.86. The maximum atomic E-state index is 4.45. The second-order valence-corrected chi connectivity index (χ2v) is 7.03. The van der Waals surface area contributed by atoms with E-state index in [0.717, 1.165) is 47.6 Å². The average molecular weight is 323 g/mol. The number of aliphatic imine (C=N–C) groups is 1. The molecule has 0 aromatic carbocycles. The summed E-state index contributed by atoms with van der Waals surface area (Å²) in [5, 5.41) is 11.0. The van der Waals surface area contributed by atoms with Crippen molar-refractivity contribution in [2.24, 2.45) is 4.99 Å². The molecule has 2 aromatic heterocycles. The molecule has 2 N–H and O–H groups in total. The van der Waals surface area contributed by atoms with E-state index in [4.69, 9.17) is 0 Å². The molecule has 0 bridgehead atoms. The summed E-state index contributed by atoms with van der Waals surface area (Å²) in [6.45, 7) is 5.78. The van der Waals surface area contributed by atoms with Gasteiger partial charge >= 0.3 is 0 Å². The molecule has 0 spiro atoms. The zero-order valence-electron chi connectivity index (χ0n) is 12.6. The van der Waals surface area contributed by atoms with Crippen molar-refractivity contribution in [3.8, 4) is 0 Å². The number of guanidine groups is 1. The van der Waals surface area contributed by atoms with Crippen LogP contribution in [0.3, 0.4) is 0 Å². The summed E-state index contributed by atoms with van der Waals surface area (Å²) in [5.41, 5.74) is 1.14. The topological polar surface area (TPSA) is 62.2 Å². The Morgan fingerprint density at radius 1 is 1.24 bits per heavy atom. The maximum absolute atomic E-state index is 4.45. The zero-order chi connectivity index (χ0) is 15.1. The van der Waals surface area contributed by atoms with E-state index < -0.39 is 0 Å². The van der Waals surface area contributed by atoms with Crippen LogP contribution in [-0.4, -0.2) is 36.1 Å². The van der Waals surface area contributed by atoms with Crippen molar-refractivity contribution in [1.29, 1.82) is 0 Å².